The first-order valence-electron chi connectivity index (χ1n) is 8.07. The van der Waals surface area contributed by atoms with E-state index >= 15 is 0 Å². The molecule has 2 atom stereocenters. The third-order valence-electron chi connectivity index (χ3n) is 4.31. The van der Waals surface area contributed by atoms with E-state index in [0.717, 1.165) is 37.6 Å². The predicted molar refractivity (Wildman–Crippen MR) is 91.8 cm³/mol. The van der Waals surface area contributed by atoms with Gasteiger partial charge in [0.2, 0.25) is 0 Å². The van der Waals surface area contributed by atoms with Gasteiger partial charge in [-0.15, -0.1) is 0 Å². The lowest BCUT2D eigenvalue weighted by Gasteiger charge is -2.26. The number of carbonyl (C=O) groups excluding carboxylic acids is 1. The fraction of sp³-hybridized carbons (Fsp3) is 0.412. The summed E-state index contributed by atoms with van der Waals surface area (Å²) in [6, 6.07) is 10.2. The van der Waals surface area contributed by atoms with Gasteiger partial charge in [-0.25, -0.2) is 4.68 Å². The number of nitrogens with two attached hydrogens (primary N) is 1. The summed E-state index contributed by atoms with van der Waals surface area (Å²) in [5, 5.41) is 11.0. The van der Waals surface area contributed by atoms with Gasteiger partial charge in [0.05, 0.1) is 12.3 Å². The zero-order valence-electron chi connectivity index (χ0n) is 13.7. The summed E-state index contributed by atoms with van der Waals surface area (Å²) in [6.07, 6.45) is 1.56. The maximum atomic E-state index is 11.3. The van der Waals surface area contributed by atoms with Crippen LogP contribution < -0.4 is 16.4 Å². The molecule has 24 heavy (non-hydrogen) atoms. The number of fused-ring (bicyclic) bond motifs is 1. The molecule has 0 bridgehead atoms. The highest BCUT2D eigenvalue weighted by Gasteiger charge is 2.23. The van der Waals surface area contributed by atoms with E-state index in [2.05, 4.69) is 27.9 Å². The number of carbonyl (C=O) groups is 1. The van der Waals surface area contributed by atoms with Crippen molar-refractivity contribution in [2.24, 2.45) is 11.7 Å². The third-order valence-corrected chi connectivity index (χ3v) is 4.31. The number of nitrogens with zero attached hydrogens (tertiary/aromatic N) is 2. The zero-order chi connectivity index (χ0) is 16.9. The summed E-state index contributed by atoms with van der Waals surface area (Å²) < 4.78 is 7.37. The van der Waals surface area contributed by atoms with E-state index in [1.54, 1.807) is 11.8 Å². The van der Waals surface area contributed by atoms with Crippen molar-refractivity contribution in [2.75, 3.05) is 32.1 Å². The molecule has 1 aromatic heterocycles. The summed E-state index contributed by atoms with van der Waals surface area (Å²) in [6.45, 7) is 3.12. The van der Waals surface area contributed by atoms with Crippen molar-refractivity contribution in [3.8, 4) is 0 Å². The second-order valence-corrected chi connectivity index (χ2v) is 5.99. The lowest BCUT2D eigenvalue weighted by atomic mass is 10.1. The maximum Gasteiger partial charge on any atom is 0.254 e. The smallest absolute Gasteiger partial charge is 0.254 e. The highest BCUT2D eigenvalue weighted by Crippen LogP contribution is 2.21. The van der Waals surface area contributed by atoms with Crippen molar-refractivity contribution in [3.05, 3.63) is 47.7 Å². The Morgan fingerprint density at radius 1 is 1.50 bits per heavy atom. The van der Waals surface area contributed by atoms with E-state index in [4.69, 9.17) is 10.5 Å². The summed E-state index contributed by atoms with van der Waals surface area (Å²) in [5.74, 6) is 0.648. The normalized spacial score (nSPS) is 17.8. The molecule has 7 heteroatoms. The fourth-order valence-electron chi connectivity index (χ4n) is 3.00. The van der Waals surface area contributed by atoms with Crippen molar-refractivity contribution in [1.82, 2.24) is 15.1 Å². The molecule has 2 unspecified atom stereocenters. The number of aromatic nitrogens is 2. The van der Waals surface area contributed by atoms with Gasteiger partial charge in [-0.05, 0) is 5.56 Å². The van der Waals surface area contributed by atoms with Gasteiger partial charge in [-0.3, -0.25) is 4.79 Å². The monoisotopic (exact) mass is 329 g/mol. The quantitative estimate of drug-likeness (QED) is 0.704. The number of hydrogen-bond donors (Lipinski definition) is 3. The average molecular weight is 329 g/mol. The minimum atomic E-state index is -0.453. The van der Waals surface area contributed by atoms with E-state index in [9.17, 15) is 4.79 Å². The Labute approximate surface area is 141 Å². The van der Waals surface area contributed by atoms with Gasteiger partial charge >= 0.3 is 0 Å². The van der Waals surface area contributed by atoms with Gasteiger partial charge in [0.1, 0.15) is 11.4 Å². The molecule has 2 heterocycles. The number of hydrogen-bond acceptors (Lipinski definition) is 5. The first-order valence-corrected chi connectivity index (χ1v) is 8.07. The van der Waals surface area contributed by atoms with Gasteiger partial charge < -0.3 is 21.1 Å². The highest BCUT2D eigenvalue weighted by molar-refractivity contribution is 5.97. The Morgan fingerprint density at radius 3 is 3.00 bits per heavy atom. The van der Waals surface area contributed by atoms with Crippen LogP contribution in [0.1, 0.15) is 22.0 Å². The minimum Gasteiger partial charge on any atom is -0.375 e. The van der Waals surface area contributed by atoms with E-state index in [-0.39, 0.29) is 6.10 Å². The number of benzene rings is 1. The van der Waals surface area contributed by atoms with Gasteiger partial charge in [-0.2, -0.15) is 5.10 Å². The van der Waals surface area contributed by atoms with Gasteiger partial charge in [0.25, 0.3) is 5.91 Å². The second kappa shape index (κ2) is 7.46. The average Bonchev–Trinajstić information content (AvgIpc) is 3.03. The molecule has 0 aliphatic carbocycles. The highest BCUT2D eigenvalue weighted by atomic mass is 16.5. The molecule has 0 radical (unpaired) electrons. The van der Waals surface area contributed by atoms with Gasteiger partial charge in [0.15, 0.2) is 0 Å². The van der Waals surface area contributed by atoms with Crippen LogP contribution in [0.5, 0.6) is 0 Å². The first kappa shape index (κ1) is 16.5. The van der Waals surface area contributed by atoms with Crippen LogP contribution in [0.15, 0.2) is 36.5 Å². The molecular weight excluding hydrogens is 306 g/mol. The van der Waals surface area contributed by atoms with E-state index in [1.165, 1.54) is 6.20 Å². The molecule has 3 rings (SSSR count). The number of amides is 1. The Morgan fingerprint density at radius 2 is 2.29 bits per heavy atom. The molecule has 128 valence electrons. The molecular formula is C17H23N5O2. The van der Waals surface area contributed by atoms with E-state index in [1.807, 2.05) is 18.2 Å². The van der Waals surface area contributed by atoms with Crippen molar-refractivity contribution >= 4 is 11.7 Å². The number of methoxy groups -OCH3 is 1. The number of ether oxygens (including phenoxy) is 1. The topological polar surface area (TPSA) is 94.2 Å². The molecule has 0 spiro atoms. The molecule has 0 saturated carbocycles. The lowest BCUT2D eigenvalue weighted by Crippen LogP contribution is -2.37. The van der Waals surface area contributed by atoms with Crippen LogP contribution in [0.4, 0.5) is 5.82 Å². The Bertz CT molecular complexity index is 686. The number of anilines is 1. The molecule has 2 aromatic rings. The number of nitrogens with one attached hydrogen (secondary N) is 2. The standard InChI is InChI=1S/C17H23N5O2/c1-24-15(13-5-3-2-4-6-13)10-19-7-12-8-20-17-14(16(18)23)9-21-22(17)11-12/h2-6,9,12,15,19-20H,7-8,10-11H2,1H3,(H2,18,23). The fourth-order valence-corrected chi connectivity index (χ4v) is 3.00. The predicted octanol–water partition coefficient (Wildman–Crippen LogP) is 1.00. The molecule has 1 amide bonds. The second-order valence-electron chi connectivity index (χ2n) is 5.99. The molecule has 1 aromatic carbocycles. The summed E-state index contributed by atoms with van der Waals surface area (Å²) >= 11 is 0. The van der Waals surface area contributed by atoms with Crippen molar-refractivity contribution in [3.63, 3.8) is 0 Å². The van der Waals surface area contributed by atoms with Crippen molar-refractivity contribution in [2.45, 2.75) is 12.6 Å². The Hall–Kier alpha value is -2.38. The van der Waals surface area contributed by atoms with Crippen LogP contribution >= 0.6 is 0 Å². The largest absolute Gasteiger partial charge is 0.375 e. The minimum absolute atomic E-state index is 0.0319. The molecule has 1 aliphatic heterocycles. The van der Waals surface area contributed by atoms with E-state index in [0.29, 0.717) is 11.5 Å². The van der Waals surface area contributed by atoms with Crippen LogP contribution in [-0.4, -0.2) is 42.4 Å². The molecule has 4 N–H and O–H groups in total. The summed E-state index contributed by atoms with van der Waals surface area (Å²) in [7, 11) is 1.73. The van der Waals surface area contributed by atoms with Crippen LogP contribution in [0.25, 0.3) is 0 Å². The molecule has 0 saturated heterocycles. The van der Waals surface area contributed by atoms with Crippen LogP contribution in [0.3, 0.4) is 0 Å². The SMILES string of the molecule is COC(CNCC1CNc2c(C(N)=O)cnn2C1)c1ccccc1. The third kappa shape index (κ3) is 3.58. The first-order chi connectivity index (χ1) is 11.7. The number of rotatable bonds is 7. The van der Waals surface area contributed by atoms with Crippen molar-refractivity contribution in [1.29, 1.82) is 0 Å². The molecule has 0 fully saturated rings. The summed E-state index contributed by atoms with van der Waals surface area (Å²) in [4.78, 5) is 11.3. The number of primary amides is 1. The Kier molecular flexibility index (Phi) is 5.12. The Balaban J connectivity index is 1.52. The van der Waals surface area contributed by atoms with Gasteiger partial charge in [0, 0.05) is 39.2 Å². The van der Waals surface area contributed by atoms with Crippen molar-refractivity contribution < 1.29 is 9.53 Å². The van der Waals surface area contributed by atoms with Gasteiger partial charge in [-0.1, -0.05) is 30.3 Å². The summed E-state index contributed by atoms with van der Waals surface area (Å²) in [5.41, 5.74) is 6.95. The van der Waals surface area contributed by atoms with E-state index < -0.39 is 5.91 Å². The van der Waals surface area contributed by atoms with Crippen LogP contribution in [-0.2, 0) is 11.3 Å². The molecule has 1 aliphatic rings. The van der Waals surface area contributed by atoms with Crippen LogP contribution in [0.2, 0.25) is 0 Å². The van der Waals surface area contributed by atoms with Crippen LogP contribution in [0, 0.1) is 5.92 Å². The lowest BCUT2D eigenvalue weighted by molar-refractivity contribution is 0.0999. The maximum absolute atomic E-state index is 11.3. The molecule has 7 nitrogen and oxygen atoms in total. The zero-order valence-corrected chi connectivity index (χ0v) is 13.7.